The molecule has 1 saturated heterocycles. The van der Waals surface area contributed by atoms with Gasteiger partial charge in [-0.15, -0.1) is 0 Å². The molecular formula is C23H29N3O3. The smallest absolute Gasteiger partial charge is 0.244 e. The third-order valence-electron chi connectivity index (χ3n) is 5.22. The van der Waals surface area contributed by atoms with Gasteiger partial charge in [-0.25, -0.2) is 0 Å². The fraction of sp³-hybridized carbons (Fsp3) is 0.391. The van der Waals surface area contributed by atoms with E-state index >= 15 is 0 Å². The number of hydrogen-bond acceptors (Lipinski definition) is 4. The number of hydrogen-bond donors (Lipinski definition) is 1. The highest BCUT2D eigenvalue weighted by atomic mass is 16.5. The summed E-state index contributed by atoms with van der Waals surface area (Å²) in [5.41, 5.74) is 1.60. The van der Waals surface area contributed by atoms with Gasteiger partial charge in [0.05, 0.1) is 13.7 Å². The Kier molecular flexibility index (Phi) is 7.25. The predicted octanol–water partition coefficient (Wildman–Crippen LogP) is 3.32. The van der Waals surface area contributed by atoms with Crippen LogP contribution in [0.1, 0.15) is 30.9 Å². The van der Waals surface area contributed by atoms with E-state index in [1.54, 1.807) is 31.4 Å². The maximum atomic E-state index is 13.3. The first-order valence-corrected chi connectivity index (χ1v) is 10.1. The summed E-state index contributed by atoms with van der Waals surface area (Å²) in [7, 11) is 3.43. The van der Waals surface area contributed by atoms with Gasteiger partial charge in [0.25, 0.3) is 0 Å². The summed E-state index contributed by atoms with van der Waals surface area (Å²) in [4.78, 5) is 29.6. The van der Waals surface area contributed by atoms with Crippen molar-refractivity contribution in [3.63, 3.8) is 0 Å². The van der Waals surface area contributed by atoms with E-state index in [4.69, 9.17) is 4.74 Å². The summed E-state index contributed by atoms with van der Waals surface area (Å²) >= 11 is 0. The molecule has 0 radical (unpaired) electrons. The summed E-state index contributed by atoms with van der Waals surface area (Å²) in [6.07, 6.45) is 3.24. The number of methoxy groups -OCH3 is 1. The minimum Gasteiger partial charge on any atom is -0.497 e. The fourth-order valence-electron chi connectivity index (χ4n) is 3.70. The highest BCUT2D eigenvalue weighted by molar-refractivity contribution is 5.93. The number of carbonyl (C=O) groups is 2. The summed E-state index contributed by atoms with van der Waals surface area (Å²) in [6.45, 7) is 1.69. The van der Waals surface area contributed by atoms with Crippen LogP contribution in [0, 0.1) is 0 Å². The van der Waals surface area contributed by atoms with Crippen LogP contribution < -0.4 is 10.1 Å². The molecule has 0 unspecified atom stereocenters. The third kappa shape index (κ3) is 5.57. The van der Waals surface area contributed by atoms with Gasteiger partial charge in [0, 0.05) is 18.8 Å². The molecule has 6 nitrogen and oxygen atoms in total. The van der Waals surface area contributed by atoms with Gasteiger partial charge in [0.1, 0.15) is 11.8 Å². The largest absolute Gasteiger partial charge is 0.497 e. The van der Waals surface area contributed by atoms with E-state index < -0.39 is 6.04 Å². The Labute approximate surface area is 172 Å². The van der Waals surface area contributed by atoms with Gasteiger partial charge in [-0.05, 0) is 56.1 Å². The first-order chi connectivity index (χ1) is 14.1. The zero-order chi connectivity index (χ0) is 20.6. The molecule has 3 rings (SSSR count). The molecule has 1 fully saturated rings. The van der Waals surface area contributed by atoms with E-state index in [0.717, 1.165) is 37.2 Å². The van der Waals surface area contributed by atoms with Crippen molar-refractivity contribution in [3.8, 4) is 5.75 Å². The minimum atomic E-state index is -0.476. The van der Waals surface area contributed by atoms with Crippen LogP contribution in [0.3, 0.4) is 0 Å². The lowest BCUT2D eigenvalue weighted by Crippen LogP contribution is -2.45. The molecule has 2 aromatic rings. The summed E-state index contributed by atoms with van der Waals surface area (Å²) < 4.78 is 5.14. The van der Waals surface area contributed by atoms with E-state index in [-0.39, 0.29) is 18.4 Å². The molecule has 0 saturated carbocycles. The maximum absolute atomic E-state index is 13.3. The van der Waals surface area contributed by atoms with Crippen molar-refractivity contribution < 1.29 is 14.3 Å². The zero-order valence-electron chi connectivity index (χ0n) is 17.1. The second kappa shape index (κ2) is 10.1. The molecule has 1 N–H and O–H groups in total. The molecule has 6 heteroatoms. The second-order valence-electron chi connectivity index (χ2n) is 7.39. The quantitative estimate of drug-likeness (QED) is 0.781. The minimum absolute atomic E-state index is 0.0654. The number of carbonyl (C=O) groups excluding carboxylic acids is 2. The lowest BCUT2D eigenvalue weighted by Gasteiger charge is -2.34. The summed E-state index contributed by atoms with van der Waals surface area (Å²) in [5.74, 6) is 0.636. The molecule has 1 heterocycles. The molecular weight excluding hydrogens is 366 g/mol. The van der Waals surface area contributed by atoms with Crippen LogP contribution in [0.25, 0.3) is 0 Å². The van der Waals surface area contributed by atoms with E-state index in [9.17, 15) is 9.59 Å². The third-order valence-corrected chi connectivity index (χ3v) is 5.22. The van der Waals surface area contributed by atoms with Crippen LogP contribution in [0.2, 0.25) is 0 Å². The van der Waals surface area contributed by atoms with Crippen LogP contribution in [0.4, 0.5) is 5.69 Å². The molecule has 0 aromatic heterocycles. The van der Waals surface area contributed by atoms with Crippen molar-refractivity contribution >= 4 is 17.5 Å². The first-order valence-electron chi connectivity index (χ1n) is 10.1. The zero-order valence-corrected chi connectivity index (χ0v) is 17.1. The molecule has 1 aliphatic heterocycles. The van der Waals surface area contributed by atoms with Crippen LogP contribution in [0.5, 0.6) is 5.75 Å². The first kappa shape index (κ1) is 20.9. The van der Waals surface area contributed by atoms with E-state index in [1.807, 2.05) is 47.2 Å². The van der Waals surface area contributed by atoms with Gasteiger partial charge in [0.15, 0.2) is 0 Å². The number of ether oxygens (including phenoxy) is 1. The Balaban J connectivity index is 1.70. The number of benzene rings is 2. The predicted molar refractivity (Wildman–Crippen MR) is 114 cm³/mol. The van der Waals surface area contributed by atoms with Crippen molar-refractivity contribution in [2.45, 2.75) is 25.3 Å². The van der Waals surface area contributed by atoms with Crippen molar-refractivity contribution in [1.82, 2.24) is 9.80 Å². The Morgan fingerprint density at radius 3 is 2.31 bits per heavy atom. The highest BCUT2D eigenvalue weighted by Crippen LogP contribution is 2.24. The van der Waals surface area contributed by atoms with Crippen LogP contribution in [-0.2, 0) is 9.59 Å². The average Bonchev–Trinajstić information content (AvgIpc) is 2.75. The van der Waals surface area contributed by atoms with Crippen LogP contribution in [-0.4, -0.2) is 55.4 Å². The molecule has 0 bridgehead atoms. The Hall–Kier alpha value is -2.86. The van der Waals surface area contributed by atoms with Gasteiger partial charge >= 0.3 is 0 Å². The number of likely N-dealkylation sites (N-methyl/N-ethyl adjacent to an activating group) is 1. The van der Waals surface area contributed by atoms with Crippen molar-refractivity contribution in [3.05, 3.63) is 60.2 Å². The van der Waals surface area contributed by atoms with E-state index in [1.165, 1.54) is 6.42 Å². The fourth-order valence-corrected chi connectivity index (χ4v) is 3.70. The standard InChI is InChI=1S/C23H29N3O3/c1-25(17-21(27)24-19-11-13-20(29-2)14-12-19)22(18-9-5-3-6-10-18)23(28)26-15-7-4-8-16-26/h3,5-6,9-14,22H,4,7-8,15-17H2,1-2H3,(H,24,27)/t22-/m0/s1. The molecule has 0 spiro atoms. The van der Waals surface area contributed by atoms with Crippen LogP contribution in [0.15, 0.2) is 54.6 Å². The lowest BCUT2D eigenvalue weighted by molar-refractivity contribution is -0.138. The number of piperidine rings is 1. The number of nitrogens with zero attached hydrogens (tertiary/aromatic N) is 2. The van der Waals surface area contributed by atoms with Gasteiger partial charge in [-0.3, -0.25) is 14.5 Å². The number of likely N-dealkylation sites (tertiary alicyclic amines) is 1. The molecule has 154 valence electrons. The maximum Gasteiger partial charge on any atom is 0.244 e. The van der Waals surface area contributed by atoms with Crippen molar-refractivity contribution in [1.29, 1.82) is 0 Å². The normalized spacial score (nSPS) is 15.1. The van der Waals surface area contributed by atoms with Gasteiger partial charge < -0.3 is 15.0 Å². The molecule has 1 aliphatic rings. The van der Waals surface area contributed by atoms with E-state index in [0.29, 0.717) is 5.69 Å². The number of anilines is 1. The number of amides is 2. The molecule has 1 atom stereocenters. The van der Waals surface area contributed by atoms with E-state index in [2.05, 4.69) is 5.32 Å². The Morgan fingerprint density at radius 2 is 1.69 bits per heavy atom. The topological polar surface area (TPSA) is 61.9 Å². The van der Waals surface area contributed by atoms with Gasteiger partial charge in [-0.1, -0.05) is 30.3 Å². The summed E-state index contributed by atoms with van der Waals surface area (Å²) in [5, 5.41) is 2.89. The average molecular weight is 396 g/mol. The number of nitrogens with one attached hydrogen (secondary N) is 1. The Morgan fingerprint density at radius 1 is 1.03 bits per heavy atom. The van der Waals surface area contributed by atoms with Crippen LogP contribution >= 0.6 is 0 Å². The van der Waals surface area contributed by atoms with Crippen molar-refractivity contribution in [2.75, 3.05) is 39.1 Å². The number of rotatable bonds is 7. The van der Waals surface area contributed by atoms with Gasteiger partial charge in [-0.2, -0.15) is 0 Å². The summed E-state index contributed by atoms with van der Waals surface area (Å²) in [6, 6.07) is 16.4. The lowest BCUT2D eigenvalue weighted by atomic mass is 10.0. The van der Waals surface area contributed by atoms with Gasteiger partial charge in [0.2, 0.25) is 11.8 Å². The Bertz CT molecular complexity index is 802. The monoisotopic (exact) mass is 395 g/mol. The second-order valence-corrected chi connectivity index (χ2v) is 7.39. The molecule has 29 heavy (non-hydrogen) atoms. The highest BCUT2D eigenvalue weighted by Gasteiger charge is 2.31. The molecule has 2 amide bonds. The van der Waals surface area contributed by atoms with Crippen molar-refractivity contribution in [2.24, 2.45) is 0 Å². The molecule has 2 aromatic carbocycles. The molecule has 0 aliphatic carbocycles. The SMILES string of the molecule is COc1ccc(NC(=O)CN(C)[C@H](C(=O)N2CCCCC2)c2ccccc2)cc1.